The fraction of sp³-hybridized carbons (Fsp3) is 0.400. The normalized spacial score (nSPS) is 16.5. The van der Waals surface area contributed by atoms with Crippen molar-refractivity contribution in [1.82, 2.24) is 0 Å². The first-order valence-electron chi connectivity index (χ1n) is 6.19. The Kier molecular flexibility index (Phi) is 3.32. The monoisotopic (exact) mass is 229 g/mol. The van der Waals surface area contributed by atoms with Crippen LogP contribution in [0.2, 0.25) is 0 Å². The molecule has 1 aliphatic carbocycles. The van der Waals surface area contributed by atoms with Crippen LogP contribution in [-0.2, 0) is 10.2 Å². The summed E-state index contributed by atoms with van der Waals surface area (Å²) in [6.45, 7) is 3.68. The first-order chi connectivity index (χ1) is 8.19. The lowest BCUT2D eigenvalue weighted by Gasteiger charge is -2.14. The van der Waals surface area contributed by atoms with Gasteiger partial charge in [-0.2, -0.15) is 0 Å². The summed E-state index contributed by atoms with van der Waals surface area (Å²) in [5.74, 6) is 0.379. The molecule has 1 saturated carbocycles. The van der Waals surface area contributed by atoms with E-state index in [1.54, 1.807) is 0 Å². The van der Waals surface area contributed by atoms with E-state index in [2.05, 4.69) is 6.58 Å². The van der Waals surface area contributed by atoms with Gasteiger partial charge < -0.3 is 5.73 Å². The molecule has 0 saturated heterocycles. The van der Waals surface area contributed by atoms with E-state index in [-0.39, 0.29) is 5.41 Å². The lowest BCUT2D eigenvalue weighted by atomic mass is 9.88. The highest BCUT2D eigenvalue weighted by Crippen LogP contribution is 2.50. The third-order valence-corrected chi connectivity index (χ3v) is 3.56. The van der Waals surface area contributed by atoms with E-state index in [4.69, 9.17) is 5.73 Å². The number of nitrogen functional groups attached to an aromatic ring is 1. The lowest BCUT2D eigenvalue weighted by Crippen LogP contribution is -2.20. The van der Waals surface area contributed by atoms with Crippen LogP contribution >= 0.6 is 0 Å². The fourth-order valence-corrected chi connectivity index (χ4v) is 2.30. The molecule has 0 aromatic heterocycles. The molecule has 2 rings (SSSR count). The summed E-state index contributed by atoms with van der Waals surface area (Å²) in [6, 6.07) is 7.75. The van der Waals surface area contributed by atoms with Crippen molar-refractivity contribution in [3.8, 4) is 0 Å². The van der Waals surface area contributed by atoms with E-state index >= 15 is 0 Å². The molecule has 0 heterocycles. The van der Waals surface area contributed by atoms with Crippen LogP contribution in [0, 0.1) is 0 Å². The second-order valence-corrected chi connectivity index (χ2v) is 4.81. The maximum Gasteiger partial charge on any atom is 0.143 e. The molecule has 0 atom stereocenters. The number of ketones is 1. The van der Waals surface area contributed by atoms with Crippen LogP contribution in [0.25, 0.3) is 0 Å². The Balaban J connectivity index is 2.06. The highest BCUT2D eigenvalue weighted by molar-refractivity contribution is 5.93. The number of benzene rings is 1. The molecule has 0 unspecified atom stereocenters. The molecule has 1 aliphatic rings. The van der Waals surface area contributed by atoms with Crippen LogP contribution in [0.1, 0.15) is 37.7 Å². The number of carbonyl (C=O) groups excluding carboxylic acids is 1. The van der Waals surface area contributed by atoms with E-state index < -0.39 is 0 Å². The van der Waals surface area contributed by atoms with Gasteiger partial charge in [-0.3, -0.25) is 4.79 Å². The molecule has 1 aromatic rings. The number of nitrogens with two attached hydrogens (primary N) is 1. The first-order valence-corrected chi connectivity index (χ1v) is 6.19. The van der Waals surface area contributed by atoms with Crippen molar-refractivity contribution in [2.45, 2.75) is 37.5 Å². The zero-order valence-electron chi connectivity index (χ0n) is 10.1. The van der Waals surface area contributed by atoms with Crippen molar-refractivity contribution < 1.29 is 4.79 Å². The largest absolute Gasteiger partial charge is 0.399 e. The van der Waals surface area contributed by atoms with Crippen LogP contribution in [0.15, 0.2) is 36.9 Å². The molecule has 90 valence electrons. The minimum atomic E-state index is -0.186. The highest BCUT2D eigenvalue weighted by atomic mass is 16.1. The molecule has 1 aromatic carbocycles. The molecule has 0 spiro atoms. The van der Waals surface area contributed by atoms with E-state index in [1.807, 2.05) is 30.3 Å². The number of anilines is 1. The average molecular weight is 229 g/mol. The summed E-state index contributed by atoms with van der Waals surface area (Å²) in [7, 11) is 0. The third-order valence-electron chi connectivity index (χ3n) is 3.56. The second-order valence-electron chi connectivity index (χ2n) is 4.81. The van der Waals surface area contributed by atoms with Crippen LogP contribution in [-0.4, -0.2) is 5.78 Å². The van der Waals surface area contributed by atoms with Gasteiger partial charge in [0.2, 0.25) is 0 Å². The topological polar surface area (TPSA) is 43.1 Å². The van der Waals surface area contributed by atoms with Crippen molar-refractivity contribution in [2.24, 2.45) is 0 Å². The minimum Gasteiger partial charge on any atom is -0.399 e. The number of allylic oxidation sites excluding steroid dienone is 1. The Morgan fingerprint density at radius 2 is 2.00 bits per heavy atom. The van der Waals surface area contributed by atoms with Crippen molar-refractivity contribution in [1.29, 1.82) is 0 Å². The third kappa shape index (κ3) is 2.41. The van der Waals surface area contributed by atoms with E-state index in [0.29, 0.717) is 12.2 Å². The molecule has 2 heteroatoms. The molecular formula is C15H19NO. The van der Waals surface area contributed by atoms with Gasteiger partial charge >= 0.3 is 0 Å². The Labute approximate surface area is 103 Å². The Morgan fingerprint density at radius 1 is 1.35 bits per heavy atom. The molecule has 0 amide bonds. The van der Waals surface area contributed by atoms with E-state index in [0.717, 1.165) is 36.9 Å². The SMILES string of the molecule is C=CCCCC(=O)C1(c2ccc(N)cc2)CC1. The lowest BCUT2D eigenvalue weighted by molar-refractivity contribution is -0.121. The summed E-state index contributed by atoms with van der Waals surface area (Å²) in [5.41, 5.74) is 7.37. The predicted octanol–water partition coefficient (Wildman–Crippen LogP) is 3.23. The minimum absolute atomic E-state index is 0.186. The maximum atomic E-state index is 12.2. The van der Waals surface area contributed by atoms with Gasteiger partial charge in [0.15, 0.2) is 0 Å². The molecule has 2 nitrogen and oxygen atoms in total. The van der Waals surface area contributed by atoms with Crippen molar-refractivity contribution in [2.75, 3.05) is 5.73 Å². The second kappa shape index (κ2) is 4.74. The van der Waals surface area contributed by atoms with E-state index in [1.165, 1.54) is 0 Å². The number of Topliss-reactive ketones (excluding diaryl/α,β-unsaturated/α-hetero) is 1. The van der Waals surface area contributed by atoms with Gasteiger partial charge in [-0.1, -0.05) is 18.2 Å². The fourth-order valence-electron chi connectivity index (χ4n) is 2.30. The molecule has 1 fully saturated rings. The summed E-state index contributed by atoms with van der Waals surface area (Å²) in [5, 5.41) is 0. The molecule has 0 radical (unpaired) electrons. The quantitative estimate of drug-likeness (QED) is 0.462. The van der Waals surface area contributed by atoms with Gasteiger partial charge in [0.25, 0.3) is 0 Å². The molecular weight excluding hydrogens is 210 g/mol. The van der Waals surface area contributed by atoms with Gasteiger partial charge in [0.1, 0.15) is 5.78 Å². The smallest absolute Gasteiger partial charge is 0.143 e. The average Bonchev–Trinajstić information content (AvgIpc) is 3.11. The molecule has 0 bridgehead atoms. The number of carbonyl (C=O) groups is 1. The summed E-state index contributed by atoms with van der Waals surface area (Å²) >= 11 is 0. The van der Waals surface area contributed by atoms with E-state index in [9.17, 15) is 4.79 Å². The zero-order valence-corrected chi connectivity index (χ0v) is 10.1. The summed E-state index contributed by atoms with van der Waals surface area (Å²) in [4.78, 5) is 12.2. The van der Waals surface area contributed by atoms with Gasteiger partial charge in [-0.05, 0) is 43.4 Å². The zero-order chi connectivity index (χ0) is 12.3. The Morgan fingerprint density at radius 3 is 2.53 bits per heavy atom. The van der Waals surface area contributed by atoms with Gasteiger partial charge in [0, 0.05) is 12.1 Å². The molecule has 0 aliphatic heterocycles. The van der Waals surface area contributed by atoms with Crippen LogP contribution in [0.3, 0.4) is 0 Å². The summed E-state index contributed by atoms with van der Waals surface area (Å²) < 4.78 is 0. The Hall–Kier alpha value is -1.57. The van der Waals surface area contributed by atoms with Gasteiger partial charge in [0.05, 0.1) is 5.41 Å². The van der Waals surface area contributed by atoms with Crippen LogP contribution in [0.5, 0.6) is 0 Å². The predicted molar refractivity (Wildman–Crippen MR) is 70.8 cm³/mol. The van der Waals surface area contributed by atoms with Gasteiger partial charge in [-0.15, -0.1) is 6.58 Å². The standard InChI is InChI=1S/C15H19NO/c1-2-3-4-5-14(17)15(10-11-15)12-6-8-13(16)9-7-12/h2,6-9H,1,3-5,10-11,16H2. The number of rotatable bonds is 6. The number of hydrogen-bond donors (Lipinski definition) is 1. The number of unbranched alkanes of at least 4 members (excludes halogenated alkanes) is 1. The highest BCUT2D eigenvalue weighted by Gasteiger charge is 2.49. The van der Waals surface area contributed by atoms with Crippen LogP contribution in [0.4, 0.5) is 5.69 Å². The van der Waals surface area contributed by atoms with Crippen molar-refractivity contribution in [3.05, 3.63) is 42.5 Å². The number of hydrogen-bond acceptors (Lipinski definition) is 2. The molecule has 17 heavy (non-hydrogen) atoms. The maximum absolute atomic E-state index is 12.2. The Bertz CT molecular complexity index is 415. The summed E-state index contributed by atoms with van der Waals surface area (Å²) in [6.07, 6.45) is 6.35. The van der Waals surface area contributed by atoms with Crippen LogP contribution < -0.4 is 5.73 Å². The first kappa shape index (κ1) is 11.9. The van der Waals surface area contributed by atoms with Crippen molar-refractivity contribution in [3.63, 3.8) is 0 Å². The van der Waals surface area contributed by atoms with Gasteiger partial charge in [-0.25, -0.2) is 0 Å². The molecule has 2 N–H and O–H groups in total. The van der Waals surface area contributed by atoms with Crippen molar-refractivity contribution >= 4 is 11.5 Å².